The molecule has 0 bridgehead atoms. The SMILES string of the molecule is c1nn(C2CCNCC2)cc1N1CCOCC1. The molecule has 5 nitrogen and oxygen atoms in total. The largest absolute Gasteiger partial charge is 0.378 e. The Labute approximate surface area is 102 Å². The zero-order chi connectivity index (χ0) is 11.5. The summed E-state index contributed by atoms with van der Waals surface area (Å²) >= 11 is 0. The molecule has 3 heterocycles. The van der Waals surface area contributed by atoms with Crippen molar-refractivity contribution in [2.45, 2.75) is 18.9 Å². The van der Waals surface area contributed by atoms with Crippen LogP contribution in [0, 0.1) is 0 Å². The van der Waals surface area contributed by atoms with E-state index in [1.54, 1.807) is 0 Å². The summed E-state index contributed by atoms with van der Waals surface area (Å²) in [7, 11) is 0. The van der Waals surface area contributed by atoms with Gasteiger partial charge < -0.3 is 15.0 Å². The zero-order valence-electron chi connectivity index (χ0n) is 10.1. The van der Waals surface area contributed by atoms with Crippen molar-refractivity contribution in [1.82, 2.24) is 15.1 Å². The standard InChI is InChI=1S/C12H20N4O/c1-3-13-4-2-11(1)16-10-12(9-14-16)15-5-7-17-8-6-15/h9-11,13H,1-8H2. The van der Waals surface area contributed by atoms with Gasteiger partial charge in [0.1, 0.15) is 0 Å². The molecule has 17 heavy (non-hydrogen) atoms. The van der Waals surface area contributed by atoms with Crippen LogP contribution < -0.4 is 10.2 Å². The van der Waals surface area contributed by atoms with Crippen molar-refractivity contribution < 1.29 is 4.74 Å². The second-order valence-electron chi connectivity index (χ2n) is 4.76. The first-order valence-electron chi connectivity index (χ1n) is 6.51. The molecule has 0 saturated carbocycles. The number of nitrogens with zero attached hydrogens (tertiary/aromatic N) is 3. The summed E-state index contributed by atoms with van der Waals surface area (Å²) < 4.78 is 7.51. The van der Waals surface area contributed by atoms with Crippen LogP contribution >= 0.6 is 0 Å². The topological polar surface area (TPSA) is 42.3 Å². The van der Waals surface area contributed by atoms with Gasteiger partial charge in [-0.1, -0.05) is 0 Å². The number of rotatable bonds is 2. The summed E-state index contributed by atoms with van der Waals surface area (Å²) in [6.07, 6.45) is 6.56. The fourth-order valence-corrected chi connectivity index (χ4v) is 2.58. The van der Waals surface area contributed by atoms with Crippen LogP contribution in [-0.4, -0.2) is 49.2 Å². The molecule has 0 aromatic carbocycles. The van der Waals surface area contributed by atoms with Gasteiger partial charge in [-0.3, -0.25) is 4.68 Å². The van der Waals surface area contributed by atoms with Crippen LogP contribution in [0.2, 0.25) is 0 Å². The van der Waals surface area contributed by atoms with Gasteiger partial charge in [0.05, 0.1) is 31.1 Å². The Morgan fingerprint density at radius 1 is 1.24 bits per heavy atom. The van der Waals surface area contributed by atoms with Crippen LogP contribution in [0.3, 0.4) is 0 Å². The van der Waals surface area contributed by atoms with E-state index >= 15 is 0 Å². The molecule has 0 radical (unpaired) electrons. The molecule has 2 aliphatic heterocycles. The van der Waals surface area contributed by atoms with E-state index in [2.05, 4.69) is 26.2 Å². The first-order valence-corrected chi connectivity index (χ1v) is 6.51. The van der Waals surface area contributed by atoms with Crippen LogP contribution in [0.15, 0.2) is 12.4 Å². The zero-order valence-corrected chi connectivity index (χ0v) is 10.1. The Kier molecular flexibility index (Phi) is 3.29. The fraction of sp³-hybridized carbons (Fsp3) is 0.750. The number of hydrogen-bond acceptors (Lipinski definition) is 4. The lowest BCUT2D eigenvalue weighted by atomic mass is 10.1. The summed E-state index contributed by atoms with van der Waals surface area (Å²) in [4.78, 5) is 2.36. The number of aromatic nitrogens is 2. The molecular weight excluding hydrogens is 216 g/mol. The first-order chi connectivity index (χ1) is 8.43. The Bertz CT molecular complexity index is 321. The van der Waals surface area contributed by atoms with Gasteiger partial charge in [-0.15, -0.1) is 0 Å². The highest BCUT2D eigenvalue weighted by Gasteiger charge is 2.18. The highest BCUT2D eigenvalue weighted by molar-refractivity contribution is 5.42. The summed E-state index contributed by atoms with van der Waals surface area (Å²) in [6.45, 7) is 5.85. The summed E-state index contributed by atoms with van der Waals surface area (Å²) in [5, 5.41) is 7.91. The van der Waals surface area contributed by atoms with Crippen molar-refractivity contribution in [3.8, 4) is 0 Å². The summed E-state index contributed by atoms with van der Waals surface area (Å²) in [6, 6.07) is 0.575. The van der Waals surface area contributed by atoms with Crippen LogP contribution in [0.25, 0.3) is 0 Å². The second-order valence-corrected chi connectivity index (χ2v) is 4.76. The number of anilines is 1. The smallest absolute Gasteiger partial charge is 0.0754 e. The molecule has 2 aliphatic rings. The Morgan fingerprint density at radius 3 is 2.76 bits per heavy atom. The predicted octanol–water partition coefficient (Wildman–Crippen LogP) is 0.644. The van der Waals surface area contributed by atoms with Gasteiger partial charge in [0.15, 0.2) is 0 Å². The van der Waals surface area contributed by atoms with E-state index in [9.17, 15) is 0 Å². The average molecular weight is 236 g/mol. The fourth-order valence-electron chi connectivity index (χ4n) is 2.58. The molecule has 2 saturated heterocycles. The van der Waals surface area contributed by atoms with Gasteiger partial charge in [-0.05, 0) is 25.9 Å². The maximum Gasteiger partial charge on any atom is 0.0754 e. The van der Waals surface area contributed by atoms with Crippen LogP contribution in [0.1, 0.15) is 18.9 Å². The van der Waals surface area contributed by atoms with Crippen molar-refractivity contribution in [3.63, 3.8) is 0 Å². The lowest BCUT2D eigenvalue weighted by Gasteiger charge is -2.27. The highest BCUT2D eigenvalue weighted by atomic mass is 16.5. The van der Waals surface area contributed by atoms with Gasteiger partial charge in [-0.2, -0.15) is 5.10 Å². The van der Waals surface area contributed by atoms with Crippen LogP contribution in [-0.2, 0) is 4.74 Å². The van der Waals surface area contributed by atoms with E-state index in [1.807, 2.05) is 6.20 Å². The van der Waals surface area contributed by atoms with E-state index in [1.165, 1.54) is 18.5 Å². The maximum atomic E-state index is 5.37. The van der Waals surface area contributed by atoms with Gasteiger partial charge in [-0.25, -0.2) is 0 Å². The molecule has 1 N–H and O–H groups in total. The third-order valence-electron chi connectivity index (χ3n) is 3.65. The molecule has 1 aromatic rings. The second kappa shape index (κ2) is 5.06. The minimum absolute atomic E-state index is 0.575. The van der Waals surface area contributed by atoms with E-state index in [-0.39, 0.29) is 0 Å². The number of piperidine rings is 1. The van der Waals surface area contributed by atoms with E-state index in [0.717, 1.165) is 39.4 Å². The van der Waals surface area contributed by atoms with Gasteiger partial charge in [0, 0.05) is 19.3 Å². The lowest BCUT2D eigenvalue weighted by Crippen LogP contribution is -2.36. The lowest BCUT2D eigenvalue weighted by molar-refractivity contribution is 0.122. The molecule has 94 valence electrons. The number of nitrogens with one attached hydrogen (secondary N) is 1. The summed E-state index contributed by atoms with van der Waals surface area (Å²) in [5.74, 6) is 0. The van der Waals surface area contributed by atoms with Crippen molar-refractivity contribution >= 4 is 5.69 Å². The van der Waals surface area contributed by atoms with Crippen molar-refractivity contribution in [3.05, 3.63) is 12.4 Å². The number of hydrogen-bond donors (Lipinski definition) is 1. The minimum Gasteiger partial charge on any atom is -0.378 e. The monoisotopic (exact) mass is 236 g/mol. The van der Waals surface area contributed by atoms with Gasteiger partial charge in [0.25, 0.3) is 0 Å². The molecule has 1 aromatic heterocycles. The Morgan fingerprint density at radius 2 is 2.00 bits per heavy atom. The predicted molar refractivity (Wildman–Crippen MR) is 66.4 cm³/mol. The first kappa shape index (κ1) is 11.0. The van der Waals surface area contributed by atoms with Crippen LogP contribution in [0.4, 0.5) is 5.69 Å². The summed E-state index contributed by atoms with van der Waals surface area (Å²) in [5.41, 5.74) is 1.24. The highest BCUT2D eigenvalue weighted by Crippen LogP contribution is 2.21. The molecule has 0 unspecified atom stereocenters. The molecular formula is C12H20N4O. The third kappa shape index (κ3) is 2.45. The van der Waals surface area contributed by atoms with E-state index in [4.69, 9.17) is 4.74 Å². The van der Waals surface area contributed by atoms with Crippen molar-refractivity contribution in [2.75, 3.05) is 44.3 Å². The Balaban J connectivity index is 1.68. The van der Waals surface area contributed by atoms with Gasteiger partial charge in [0.2, 0.25) is 0 Å². The number of morpholine rings is 1. The van der Waals surface area contributed by atoms with E-state index < -0.39 is 0 Å². The van der Waals surface area contributed by atoms with Crippen molar-refractivity contribution in [2.24, 2.45) is 0 Å². The number of ether oxygens (including phenoxy) is 1. The molecule has 0 atom stereocenters. The molecule has 0 spiro atoms. The maximum absolute atomic E-state index is 5.37. The average Bonchev–Trinajstić information content (AvgIpc) is 2.90. The van der Waals surface area contributed by atoms with Crippen molar-refractivity contribution in [1.29, 1.82) is 0 Å². The normalized spacial score (nSPS) is 22.9. The molecule has 5 heteroatoms. The minimum atomic E-state index is 0.575. The van der Waals surface area contributed by atoms with E-state index in [0.29, 0.717) is 6.04 Å². The molecule has 0 aliphatic carbocycles. The Hall–Kier alpha value is -1.07. The molecule has 0 amide bonds. The molecule has 2 fully saturated rings. The molecule has 3 rings (SSSR count). The van der Waals surface area contributed by atoms with Gasteiger partial charge >= 0.3 is 0 Å². The van der Waals surface area contributed by atoms with Crippen LogP contribution in [0.5, 0.6) is 0 Å². The third-order valence-corrected chi connectivity index (χ3v) is 3.65. The quantitative estimate of drug-likeness (QED) is 0.818.